The van der Waals surface area contributed by atoms with Gasteiger partial charge in [-0.15, -0.1) is 0 Å². The van der Waals surface area contributed by atoms with E-state index in [1.165, 1.54) is 29.2 Å². The number of amides is 2. The SMILES string of the molecule is CS(=O)(=O)c1ccc(-c2ccc(C(=O)N[C@@H](CCN[C@@H]3C[C@H]3c3ccc(F)cc3)C(=O)N3CCS(=O)(=O)CC3)cc2)cc1. The third-order valence-electron chi connectivity index (χ3n) is 7.95. The van der Waals surface area contributed by atoms with E-state index >= 15 is 0 Å². The molecule has 1 aliphatic carbocycles. The van der Waals surface area contributed by atoms with Crippen molar-refractivity contribution in [2.75, 3.05) is 37.4 Å². The smallest absolute Gasteiger partial charge is 0.251 e. The number of rotatable bonds is 10. The maximum Gasteiger partial charge on any atom is 0.251 e. The summed E-state index contributed by atoms with van der Waals surface area (Å²) in [4.78, 5) is 28.4. The molecule has 2 N–H and O–H groups in total. The highest BCUT2D eigenvalue weighted by atomic mass is 32.2. The van der Waals surface area contributed by atoms with E-state index in [0.717, 1.165) is 29.4 Å². The lowest BCUT2D eigenvalue weighted by atomic mass is 10.0. The molecule has 0 radical (unpaired) electrons. The fourth-order valence-electron chi connectivity index (χ4n) is 5.27. The van der Waals surface area contributed by atoms with Crippen LogP contribution in [0.1, 0.15) is 34.7 Å². The second-order valence-electron chi connectivity index (χ2n) is 11.1. The number of hydrogen-bond donors (Lipinski definition) is 2. The molecule has 3 aromatic carbocycles. The first-order valence-corrected chi connectivity index (χ1v) is 17.8. The number of halogens is 1. The molecule has 3 aromatic rings. The van der Waals surface area contributed by atoms with E-state index in [4.69, 9.17) is 0 Å². The molecule has 2 fully saturated rings. The van der Waals surface area contributed by atoms with Gasteiger partial charge in [-0.1, -0.05) is 36.4 Å². The van der Waals surface area contributed by atoms with Gasteiger partial charge in [-0.25, -0.2) is 21.2 Å². The molecule has 2 amide bonds. The lowest BCUT2D eigenvalue weighted by molar-refractivity contribution is -0.133. The lowest BCUT2D eigenvalue weighted by Crippen LogP contribution is -2.53. The zero-order valence-corrected chi connectivity index (χ0v) is 25.3. The summed E-state index contributed by atoms with van der Waals surface area (Å²) in [6, 6.07) is 19.0. The van der Waals surface area contributed by atoms with Crippen LogP contribution in [0.2, 0.25) is 0 Å². The lowest BCUT2D eigenvalue weighted by Gasteiger charge is -2.30. The van der Waals surface area contributed by atoms with E-state index in [2.05, 4.69) is 10.6 Å². The molecule has 12 heteroatoms. The topological polar surface area (TPSA) is 130 Å². The van der Waals surface area contributed by atoms with Crippen molar-refractivity contribution in [3.8, 4) is 11.1 Å². The van der Waals surface area contributed by atoms with E-state index < -0.39 is 31.6 Å². The Kier molecular flexibility index (Phi) is 9.00. The second-order valence-corrected chi connectivity index (χ2v) is 15.4. The average molecular weight is 628 g/mol. The summed E-state index contributed by atoms with van der Waals surface area (Å²) in [5, 5.41) is 6.27. The molecule has 0 aromatic heterocycles. The molecular weight excluding hydrogens is 593 g/mol. The minimum Gasteiger partial charge on any atom is -0.340 e. The first-order valence-electron chi connectivity index (χ1n) is 14.1. The Morgan fingerprint density at radius 3 is 2.09 bits per heavy atom. The third kappa shape index (κ3) is 7.87. The normalized spacial score (nSPS) is 20.3. The van der Waals surface area contributed by atoms with Crippen LogP contribution in [0.3, 0.4) is 0 Å². The van der Waals surface area contributed by atoms with E-state index in [0.29, 0.717) is 18.5 Å². The highest BCUT2D eigenvalue weighted by molar-refractivity contribution is 7.91. The monoisotopic (exact) mass is 627 g/mol. The van der Waals surface area contributed by atoms with E-state index in [-0.39, 0.29) is 53.2 Å². The van der Waals surface area contributed by atoms with Crippen molar-refractivity contribution in [1.82, 2.24) is 15.5 Å². The molecule has 5 rings (SSSR count). The maximum absolute atomic E-state index is 13.4. The number of benzene rings is 3. The van der Waals surface area contributed by atoms with Crippen LogP contribution in [0.15, 0.2) is 77.7 Å². The van der Waals surface area contributed by atoms with Gasteiger partial charge in [0.2, 0.25) is 5.91 Å². The summed E-state index contributed by atoms with van der Waals surface area (Å²) in [6.07, 6.45) is 2.35. The first kappa shape index (κ1) is 30.8. The van der Waals surface area contributed by atoms with Crippen LogP contribution in [0.4, 0.5) is 4.39 Å². The van der Waals surface area contributed by atoms with Gasteiger partial charge in [-0.2, -0.15) is 0 Å². The van der Waals surface area contributed by atoms with Crippen molar-refractivity contribution in [2.24, 2.45) is 0 Å². The van der Waals surface area contributed by atoms with Crippen molar-refractivity contribution in [3.63, 3.8) is 0 Å². The maximum atomic E-state index is 13.4. The standard InChI is InChI=1S/C31H34FN3O6S2/c1-42(38,39)26-12-8-22(9-13-26)21-2-4-24(5-3-21)30(36)34-28(31(37)35-16-18-43(40,41)19-17-35)14-15-33-29-20-27(29)23-6-10-25(32)11-7-23/h2-13,27-29,33H,14-20H2,1H3,(H,34,36)/t27-,28-,29+/m0/s1. The van der Waals surface area contributed by atoms with Crippen molar-refractivity contribution in [1.29, 1.82) is 0 Å². The number of nitrogens with one attached hydrogen (secondary N) is 2. The Hall–Kier alpha value is -3.61. The molecule has 228 valence electrons. The molecular formula is C31H34FN3O6S2. The van der Waals surface area contributed by atoms with Gasteiger partial charge in [0.15, 0.2) is 19.7 Å². The number of carbonyl (C=O) groups excluding carboxylic acids is 2. The minimum atomic E-state index is -3.31. The Labute approximate surface area is 251 Å². The molecule has 43 heavy (non-hydrogen) atoms. The third-order valence-corrected chi connectivity index (χ3v) is 10.7. The van der Waals surface area contributed by atoms with Crippen molar-refractivity contribution in [2.45, 2.75) is 35.7 Å². The fraction of sp³-hybridized carbons (Fsp3) is 0.355. The number of carbonyl (C=O) groups is 2. The Morgan fingerprint density at radius 2 is 1.51 bits per heavy atom. The Bertz CT molecular complexity index is 1680. The summed E-state index contributed by atoms with van der Waals surface area (Å²) in [7, 11) is -6.49. The number of nitrogens with zero attached hydrogens (tertiary/aromatic N) is 1. The molecule has 2 aliphatic rings. The van der Waals surface area contributed by atoms with Gasteiger partial charge < -0.3 is 15.5 Å². The van der Waals surface area contributed by atoms with Crippen LogP contribution >= 0.6 is 0 Å². The molecule has 3 atom stereocenters. The van der Waals surface area contributed by atoms with Crippen LogP contribution in [0.25, 0.3) is 11.1 Å². The molecule has 1 saturated heterocycles. The molecule has 0 bridgehead atoms. The van der Waals surface area contributed by atoms with Gasteiger partial charge in [0, 0.05) is 36.9 Å². The predicted molar refractivity (Wildman–Crippen MR) is 162 cm³/mol. The number of sulfone groups is 2. The molecule has 1 aliphatic heterocycles. The Balaban J connectivity index is 1.23. The molecule has 1 saturated carbocycles. The predicted octanol–water partition coefficient (Wildman–Crippen LogP) is 2.79. The minimum absolute atomic E-state index is 0.0864. The fourth-order valence-corrected chi connectivity index (χ4v) is 7.10. The summed E-state index contributed by atoms with van der Waals surface area (Å²) >= 11 is 0. The molecule has 9 nitrogen and oxygen atoms in total. The zero-order valence-electron chi connectivity index (χ0n) is 23.7. The average Bonchev–Trinajstić information content (AvgIpc) is 3.76. The Morgan fingerprint density at radius 1 is 0.930 bits per heavy atom. The largest absolute Gasteiger partial charge is 0.340 e. The highest BCUT2D eigenvalue weighted by Gasteiger charge is 2.38. The van der Waals surface area contributed by atoms with Crippen LogP contribution in [-0.2, 0) is 24.5 Å². The number of hydrogen-bond acceptors (Lipinski definition) is 7. The van der Waals surface area contributed by atoms with Gasteiger partial charge in [0.05, 0.1) is 16.4 Å². The van der Waals surface area contributed by atoms with Gasteiger partial charge in [0.25, 0.3) is 5.91 Å². The van der Waals surface area contributed by atoms with Crippen molar-refractivity contribution >= 4 is 31.5 Å². The molecule has 0 unspecified atom stereocenters. The van der Waals surface area contributed by atoms with Gasteiger partial charge in [0.1, 0.15) is 11.9 Å². The summed E-state index contributed by atoms with van der Waals surface area (Å²) < 4.78 is 60.5. The molecule has 1 heterocycles. The van der Waals surface area contributed by atoms with Gasteiger partial charge in [-0.3, -0.25) is 9.59 Å². The second kappa shape index (κ2) is 12.6. The quantitative estimate of drug-likeness (QED) is 0.354. The van der Waals surface area contributed by atoms with Crippen LogP contribution in [0, 0.1) is 5.82 Å². The summed E-state index contributed by atoms with van der Waals surface area (Å²) in [5.41, 5.74) is 2.98. The summed E-state index contributed by atoms with van der Waals surface area (Å²) in [5.74, 6) is -0.986. The van der Waals surface area contributed by atoms with Crippen molar-refractivity contribution < 1.29 is 30.8 Å². The van der Waals surface area contributed by atoms with Gasteiger partial charge >= 0.3 is 0 Å². The summed E-state index contributed by atoms with van der Waals surface area (Å²) in [6.45, 7) is 0.625. The van der Waals surface area contributed by atoms with Gasteiger partial charge in [-0.05, 0) is 72.5 Å². The van der Waals surface area contributed by atoms with Crippen LogP contribution in [0.5, 0.6) is 0 Å². The zero-order chi connectivity index (χ0) is 30.8. The molecule has 0 spiro atoms. The van der Waals surface area contributed by atoms with Crippen LogP contribution < -0.4 is 10.6 Å². The first-order chi connectivity index (χ1) is 20.4. The van der Waals surface area contributed by atoms with E-state index in [1.807, 2.05) is 0 Å². The highest BCUT2D eigenvalue weighted by Crippen LogP contribution is 2.40. The van der Waals surface area contributed by atoms with E-state index in [9.17, 15) is 30.8 Å². The van der Waals surface area contributed by atoms with Crippen molar-refractivity contribution in [3.05, 3.63) is 89.7 Å². The van der Waals surface area contributed by atoms with Crippen LogP contribution in [-0.4, -0.2) is 83.0 Å². The van der Waals surface area contributed by atoms with E-state index in [1.54, 1.807) is 48.5 Å².